The molecule has 14 heavy (non-hydrogen) atoms. The summed E-state index contributed by atoms with van der Waals surface area (Å²) in [6.45, 7) is 5.92. The molecule has 1 aliphatic heterocycles. The highest BCUT2D eigenvalue weighted by molar-refractivity contribution is 5.76. The quantitative estimate of drug-likeness (QED) is 0.670. The Morgan fingerprint density at radius 2 is 2.36 bits per heavy atom. The lowest BCUT2D eigenvalue weighted by atomic mass is 10.1. The molecule has 1 amide bonds. The first-order chi connectivity index (χ1) is 6.55. The first-order valence-electron chi connectivity index (χ1n) is 5.13. The van der Waals surface area contributed by atoms with E-state index < -0.39 is 5.60 Å². The van der Waals surface area contributed by atoms with Crippen molar-refractivity contribution in [2.24, 2.45) is 0 Å². The molecule has 1 aliphatic rings. The lowest BCUT2D eigenvalue weighted by Crippen LogP contribution is -2.34. The molecule has 4 nitrogen and oxygen atoms in total. The van der Waals surface area contributed by atoms with Gasteiger partial charge in [0.1, 0.15) is 0 Å². The van der Waals surface area contributed by atoms with Gasteiger partial charge in [-0.25, -0.2) is 0 Å². The Kier molecular flexibility index (Phi) is 3.89. The average molecular weight is 201 g/mol. The van der Waals surface area contributed by atoms with E-state index in [1.165, 1.54) is 0 Å². The van der Waals surface area contributed by atoms with E-state index in [1.807, 2.05) is 6.92 Å². The molecule has 1 atom stereocenters. The molecule has 1 saturated heterocycles. The molecule has 0 aliphatic carbocycles. The molecule has 0 radical (unpaired) electrons. The zero-order valence-electron chi connectivity index (χ0n) is 8.95. The molecule has 0 aromatic carbocycles. The summed E-state index contributed by atoms with van der Waals surface area (Å²) in [6.07, 6.45) is 1.09. The van der Waals surface area contributed by atoms with E-state index in [-0.39, 0.29) is 5.91 Å². The second-order valence-electron chi connectivity index (χ2n) is 4.01. The minimum absolute atomic E-state index is 0.0798. The van der Waals surface area contributed by atoms with Gasteiger partial charge in [-0.2, -0.15) is 0 Å². The fourth-order valence-corrected chi connectivity index (χ4v) is 1.62. The highest BCUT2D eigenvalue weighted by atomic mass is 16.5. The van der Waals surface area contributed by atoms with Crippen LogP contribution in [0.25, 0.3) is 0 Å². The average Bonchev–Trinajstić information content (AvgIpc) is 2.46. The van der Waals surface area contributed by atoms with E-state index >= 15 is 0 Å². The minimum atomic E-state index is -0.693. The van der Waals surface area contributed by atoms with Crippen molar-refractivity contribution >= 4 is 5.91 Å². The van der Waals surface area contributed by atoms with Crippen LogP contribution in [0.5, 0.6) is 0 Å². The van der Waals surface area contributed by atoms with Crippen LogP contribution in [0, 0.1) is 0 Å². The molecule has 1 heterocycles. The Labute approximate surface area is 84.8 Å². The third-order valence-electron chi connectivity index (χ3n) is 2.47. The summed E-state index contributed by atoms with van der Waals surface area (Å²) in [6, 6.07) is 0. The molecule has 1 N–H and O–H groups in total. The number of ether oxygens (including phenoxy) is 1. The number of aliphatic hydroxyl groups is 1. The minimum Gasteiger partial charge on any atom is -0.388 e. The van der Waals surface area contributed by atoms with E-state index in [1.54, 1.807) is 11.8 Å². The van der Waals surface area contributed by atoms with Crippen LogP contribution in [-0.2, 0) is 9.53 Å². The molecule has 1 fully saturated rings. The van der Waals surface area contributed by atoms with E-state index in [0.29, 0.717) is 39.1 Å². The van der Waals surface area contributed by atoms with Crippen molar-refractivity contribution in [2.75, 3.05) is 26.3 Å². The smallest absolute Gasteiger partial charge is 0.224 e. The van der Waals surface area contributed by atoms with Crippen LogP contribution in [0.1, 0.15) is 26.7 Å². The van der Waals surface area contributed by atoms with Crippen molar-refractivity contribution < 1.29 is 14.6 Å². The predicted octanol–water partition coefficient (Wildman–Crippen LogP) is 0.396. The van der Waals surface area contributed by atoms with Gasteiger partial charge >= 0.3 is 0 Å². The fourth-order valence-electron chi connectivity index (χ4n) is 1.62. The number of rotatable bonds is 4. The van der Waals surface area contributed by atoms with Crippen LogP contribution in [0.15, 0.2) is 0 Å². The molecule has 0 saturated carbocycles. The lowest BCUT2D eigenvalue weighted by molar-refractivity contribution is -0.132. The summed E-state index contributed by atoms with van der Waals surface area (Å²) in [5.74, 6) is 0.0798. The third kappa shape index (κ3) is 3.27. The van der Waals surface area contributed by atoms with E-state index in [2.05, 4.69) is 0 Å². The number of carbonyl (C=O) groups excluding carboxylic acids is 1. The topological polar surface area (TPSA) is 49.8 Å². The number of carbonyl (C=O) groups is 1. The monoisotopic (exact) mass is 201 g/mol. The molecular weight excluding hydrogens is 182 g/mol. The first-order valence-corrected chi connectivity index (χ1v) is 5.13. The van der Waals surface area contributed by atoms with Crippen molar-refractivity contribution in [1.29, 1.82) is 0 Å². The summed E-state index contributed by atoms with van der Waals surface area (Å²) in [4.78, 5) is 13.3. The van der Waals surface area contributed by atoms with Gasteiger partial charge in [0.15, 0.2) is 0 Å². The number of hydrogen-bond donors (Lipinski definition) is 1. The number of amides is 1. The van der Waals surface area contributed by atoms with E-state index in [0.717, 1.165) is 0 Å². The maximum absolute atomic E-state index is 11.5. The Morgan fingerprint density at radius 1 is 1.64 bits per heavy atom. The zero-order chi connectivity index (χ0) is 10.6. The molecule has 1 rings (SSSR count). The summed E-state index contributed by atoms with van der Waals surface area (Å²) in [7, 11) is 0. The second-order valence-corrected chi connectivity index (χ2v) is 4.01. The Bertz CT molecular complexity index is 204. The summed E-state index contributed by atoms with van der Waals surface area (Å²) >= 11 is 0. The number of hydrogen-bond acceptors (Lipinski definition) is 3. The van der Waals surface area contributed by atoms with E-state index in [9.17, 15) is 9.90 Å². The second kappa shape index (κ2) is 4.75. The SMILES string of the molecule is CCOCCC(=O)N1CCC(C)(O)C1. The van der Waals surface area contributed by atoms with Crippen molar-refractivity contribution in [3.05, 3.63) is 0 Å². The summed E-state index contributed by atoms with van der Waals surface area (Å²) in [5.41, 5.74) is -0.693. The van der Waals surface area contributed by atoms with Crippen LogP contribution in [-0.4, -0.2) is 47.8 Å². The fraction of sp³-hybridized carbons (Fsp3) is 0.900. The number of nitrogens with zero attached hydrogens (tertiary/aromatic N) is 1. The molecule has 4 heteroatoms. The molecule has 0 bridgehead atoms. The van der Waals surface area contributed by atoms with Crippen molar-refractivity contribution in [2.45, 2.75) is 32.3 Å². The molecule has 0 aromatic rings. The van der Waals surface area contributed by atoms with Gasteiger partial charge in [0, 0.05) is 19.7 Å². The van der Waals surface area contributed by atoms with E-state index in [4.69, 9.17) is 4.74 Å². The van der Waals surface area contributed by atoms with Crippen LogP contribution >= 0.6 is 0 Å². The van der Waals surface area contributed by atoms with Crippen molar-refractivity contribution in [1.82, 2.24) is 4.90 Å². The van der Waals surface area contributed by atoms with Gasteiger partial charge in [0.2, 0.25) is 5.91 Å². The van der Waals surface area contributed by atoms with Crippen molar-refractivity contribution in [3.63, 3.8) is 0 Å². The predicted molar refractivity (Wildman–Crippen MR) is 52.9 cm³/mol. The van der Waals surface area contributed by atoms with Gasteiger partial charge in [-0.15, -0.1) is 0 Å². The van der Waals surface area contributed by atoms with Crippen LogP contribution in [0.3, 0.4) is 0 Å². The normalized spacial score (nSPS) is 26.9. The number of β-amino-alcohol motifs (C(OH)–C–C–N with tert-alkyl or cyclic N) is 1. The highest BCUT2D eigenvalue weighted by Crippen LogP contribution is 2.20. The maximum Gasteiger partial charge on any atom is 0.224 e. The highest BCUT2D eigenvalue weighted by Gasteiger charge is 2.33. The van der Waals surface area contributed by atoms with Gasteiger partial charge < -0.3 is 14.7 Å². The molecule has 1 unspecified atom stereocenters. The van der Waals surface area contributed by atoms with Gasteiger partial charge in [-0.05, 0) is 20.3 Å². The number of likely N-dealkylation sites (tertiary alicyclic amines) is 1. The summed E-state index contributed by atoms with van der Waals surface area (Å²) < 4.78 is 5.11. The lowest BCUT2D eigenvalue weighted by Gasteiger charge is -2.18. The third-order valence-corrected chi connectivity index (χ3v) is 2.47. The van der Waals surface area contributed by atoms with Crippen molar-refractivity contribution in [3.8, 4) is 0 Å². The van der Waals surface area contributed by atoms with Gasteiger partial charge in [0.05, 0.1) is 18.6 Å². The Morgan fingerprint density at radius 3 is 2.86 bits per heavy atom. The molecular formula is C10H19NO3. The Hall–Kier alpha value is -0.610. The van der Waals surface area contributed by atoms with Gasteiger partial charge in [0.25, 0.3) is 0 Å². The molecule has 0 spiro atoms. The standard InChI is InChI=1S/C10H19NO3/c1-3-14-7-4-9(12)11-6-5-10(2,13)8-11/h13H,3-8H2,1-2H3. The van der Waals surface area contributed by atoms with Crippen LogP contribution < -0.4 is 0 Å². The summed E-state index contributed by atoms with van der Waals surface area (Å²) in [5, 5.41) is 9.66. The first kappa shape index (κ1) is 11.5. The van der Waals surface area contributed by atoms with Crippen LogP contribution in [0.4, 0.5) is 0 Å². The largest absolute Gasteiger partial charge is 0.388 e. The Balaban J connectivity index is 2.25. The van der Waals surface area contributed by atoms with Gasteiger partial charge in [-0.1, -0.05) is 0 Å². The molecule has 0 aromatic heterocycles. The van der Waals surface area contributed by atoms with Gasteiger partial charge in [-0.3, -0.25) is 4.79 Å². The van der Waals surface area contributed by atoms with Crippen LogP contribution in [0.2, 0.25) is 0 Å². The molecule has 82 valence electrons. The zero-order valence-corrected chi connectivity index (χ0v) is 8.95. The maximum atomic E-state index is 11.5.